The van der Waals surface area contributed by atoms with Crippen molar-refractivity contribution in [2.75, 3.05) is 0 Å². The first-order chi connectivity index (χ1) is 10.6. The van der Waals surface area contributed by atoms with Crippen LogP contribution in [0.25, 0.3) is 0 Å². The highest BCUT2D eigenvalue weighted by Gasteiger charge is 2.18. The van der Waals surface area contributed by atoms with Gasteiger partial charge in [0, 0.05) is 18.5 Å². The number of hydrogen-bond donors (Lipinski definition) is 1. The minimum atomic E-state index is -0.111. The van der Waals surface area contributed by atoms with E-state index in [2.05, 4.69) is 20.6 Å². The fourth-order valence-electron chi connectivity index (χ4n) is 2.50. The summed E-state index contributed by atoms with van der Waals surface area (Å²) >= 11 is 0. The maximum Gasteiger partial charge on any atom is 0.220 e. The van der Waals surface area contributed by atoms with Crippen LogP contribution in [0, 0.1) is 13.8 Å². The lowest BCUT2D eigenvalue weighted by Gasteiger charge is -2.16. The van der Waals surface area contributed by atoms with Crippen molar-refractivity contribution in [2.45, 2.75) is 59.5 Å². The van der Waals surface area contributed by atoms with Gasteiger partial charge in [0.25, 0.3) is 0 Å². The number of amides is 1. The molecule has 7 nitrogen and oxygen atoms in total. The van der Waals surface area contributed by atoms with Crippen LogP contribution in [-0.2, 0) is 17.8 Å². The van der Waals surface area contributed by atoms with Gasteiger partial charge < -0.3 is 9.84 Å². The molecule has 0 aliphatic heterocycles. The lowest BCUT2D eigenvalue weighted by Crippen LogP contribution is -2.30. The molecule has 2 aromatic rings. The van der Waals surface area contributed by atoms with Crippen LogP contribution in [-0.4, -0.2) is 25.8 Å². The number of aromatic nitrogens is 4. The summed E-state index contributed by atoms with van der Waals surface area (Å²) in [5.41, 5.74) is 1.86. The van der Waals surface area contributed by atoms with Crippen LogP contribution < -0.4 is 5.32 Å². The number of carbonyl (C=O) groups is 1. The smallest absolute Gasteiger partial charge is 0.220 e. The summed E-state index contributed by atoms with van der Waals surface area (Å²) in [5.74, 6) is 1.58. The summed E-state index contributed by atoms with van der Waals surface area (Å²) in [7, 11) is 0. The molecule has 1 N–H and O–H groups in total. The SMILES string of the molecule is CC[C@H](NC(=O)CCc1c(C)noc1C)c1ncnn1CC. The van der Waals surface area contributed by atoms with Crippen molar-refractivity contribution >= 4 is 5.91 Å². The van der Waals surface area contributed by atoms with Crippen LogP contribution in [0.4, 0.5) is 0 Å². The molecule has 2 heterocycles. The van der Waals surface area contributed by atoms with Crippen molar-refractivity contribution in [1.29, 1.82) is 0 Å². The van der Waals surface area contributed by atoms with Gasteiger partial charge in [0.1, 0.15) is 17.9 Å². The summed E-state index contributed by atoms with van der Waals surface area (Å²) in [5, 5.41) is 11.1. The van der Waals surface area contributed by atoms with Gasteiger partial charge in [0.05, 0.1) is 11.7 Å². The summed E-state index contributed by atoms with van der Waals surface area (Å²) in [4.78, 5) is 16.5. The molecule has 0 aromatic carbocycles. The van der Waals surface area contributed by atoms with Crippen molar-refractivity contribution in [1.82, 2.24) is 25.2 Å². The van der Waals surface area contributed by atoms with Gasteiger partial charge >= 0.3 is 0 Å². The fourth-order valence-corrected chi connectivity index (χ4v) is 2.50. The molecule has 1 atom stereocenters. The molecule has 2 rings (SSSR count). The Morgan fingerprint density at radius 1 is 1.41 bits per heavy atom. The molecule has 7 heteroatoms. The molecule has 0 saturated carbocycles. The Bertz CT molecular complexity index is 612. The number of nitrogens with one attached hydrogen (secondary N) is 1. The van der Waals surface area contributed by atoms with E-state index in [9.17, 15) is 4.79 Å². The van der Waals surface area contributed by atoms with Gasteiger partial charge in [-0.25, -0.2) is 9.67 Å². The second-order valence-corrected chi connectivity index (χ2v) is 5.27. The highest BCUT2D eigenvalue weighted by atomic mass is 16.5. The number of rotatable bonds is 7. The number of aryl methyl sites for hydroxylation is 3. The number of hydrogen-bond acceptors (Lipinski definition) is 5. The standard InChI is InChI=1S/C15H23N5O2/c1-5-13(15-16-9-17-20(15)6-2)18-14(21)8-7-12-10(3)19-22-11(12)4/h9,13H,5-8H2,1-4H3,(H,18,21)/t13-/m0/s1. The molecule has 0 aliphatic rings. The van der Waals surface area contributed by atoms with E-state index in [1.54, 1.807) is 0 Å². The Labute approximate surface area is 130 Å². The predicted molar refractivity (Wildman–Crippen MR) is 81.2 cm³/mol. The summed E-state index contributed by atoms with van der Waals surface area (Å²) < 4.78 is 6.92. The van der Waals surface area contributed by atoms with Crippen LogP contribution >= 0.6 is 0 Å². The van der Waals surface area contributed by atoms with Crippen molar-refractivity contribution in [3.63, 3.8) is 0 Å². The van der Waals surface area contributed by atoms with E-state index >= 15 is 0 Å². The van der Waals surface area contributed by atoms with Crippen LogP contribution in [0.15, 0.2) is 10.9 Å². The topological polar surface area (TPSA) is 85.8 Å². The summed E-state index contributed by atoms with van der Waals surface area (Å²) in [6, 6.07) is -0.111. The third-order valence-electron chi connectivity index (χ3n) is 3.78. The lowest BCUT2D eigenvalue weighted by molar-refractivity contribution is -0.121. The van der Waals surface area contributed by atoms with E-state index in [-0.39, 0.29) is 11.9 Å². The van der Waals surface area contributed by atoms with E-state index in [1.165, 1.54) is 6.33 Å². The van der Waals surface area contributed by atoms with Gasteiger partial charge in [-0.05, 0) is 33.6 Å². The number of nitrogens with zero attached hydrogens (tertiary/aromatic N) is 4. The Morgan fingerprint density at radius 3 is 2.77 bits per heavy atom. The zero-order chi connectivity index (χ0) is 16.1. The van der Waals surface area contributed by atoms with E-state index in [4.69, 9.17) is 4.52 Å². The molecule has 22 heavy (non-hydrogen) atoms. The Balaban J connectivity index is 1.95. The van der Waals surface area contributed by atoms with E-state index in [1.807, 2.05) is 32.4 Å². The average Bonchev–Trinajstić information content (AvgIpc) is 3.10. The third-order valence-corrected chi connectivity index (χ3v) is 3.78. The quantitative estimate of drug-likeness (QED) is 0.846. The van der Waals surface area contributed by atoms with Crippen molar-refractivity contribution in [3.05, 3.63) is 29.2 Å². The lowest BCUT2D eigenvalue weighted by atomic mass is 10.1. The van der Waals surface area contributed by atoms with E-state index in [0.29, 0.717) is 12.8 Å². The van der Waals surface area contributed by atoms with Gasteiger partial charge in [-0.3, -0.25) is 4.79 Å². The van der Waals surface area contributed by atoms with Crippen LogP contribution in [0.5, 0.6) is 0 Å². The van der Waals surface area contributed by atoms with E-state index < -0.39 is 0 Å². The van der Waals surface area contributed by atoms with Crippen molar-refractivity contribution in [2.24, 2.45) is 0 Å². The van der Waals surface area contributed by atoms with Crippen LogP contribution in [0.1, 0.15) is 55.6 Å². The second-order valence-electron chi connectivity index (χ2n) is 5.27. The maximum atomic E-state index is 12.2. The van der Waals surface area contributed by atoms with Crippen molar-refractivity contribution in [3.8, 4) is 0 Å². The highest BCUT2D eigenvalue weighted by Crippen LogP contribution is 2.16. The molecule has 0 radical (unpaired) electrons. The molecule has 0 unspecified atom stereocenters. The maximum absolute atomic E-state index is 12.2. The molecule has 0 aliphatic carbocycles. The Kier molecular flexibility index (Phi) is 5.30. The van der Waals surface area contributed by atoms with Gasteiger partial charge in [0.15, 0.2) is 0 Å². The molecule has 0 saturated heterocycles. The van der Waals surface area contributed by atoms with Crippen LogP contribution in [0.3, 0.4) is 0 Å². The van der Waals surface area contributed by atoms with Crippen molar-refractivity contribution < 1.29 is 9.32 Å². The normalized spacial score (nSPS) is 12.4. The summed E-state index contributed by atoms with van der Waals surface area (Å²) in [6.07, 6.45) is 3.33. The largest absolute Gasteiger partial charge is 0.361 e. The first-order valence-electron chi connectivity index (χ1n) is 7.65. The Morgan fingerprint density at radius 2 is 2.18 bits per heavy atom. The van der Waals surface area contributed by atoms with Crippen LogP contribution in [0.2, 0.25) is 0 Å². The zero-order valence-corrected chi connectivity index (χ0v) is 13.6. The monoisotopic (exact) mass is 305 g/mol. The highest BCUT2D eigenvalue weighted by molar-refractivity contribution is 5.76. The predicted octanol–water partition coefficient (Wildman–Crippen LogP) is 2.10. The van der Waals surface area contributed by atoms with Gasteiger partial charge in [-0.2, -0.15) is 5.10 Å². The minimum Gasteiger partial charge on any atom is -0.361 e. The minimum absolute atomic E-state index is 0.00231. The van der Waals surface area contributed by atoms with Gasteiger partial charge in [-0.1, -0.05) is 12.1 Å². The molecule has 120 valence electrons. The first kappa shape index (κ1) is 16.2. The summed E-state index contributed by atoms with van der Waals surface area (Å²) in [6.45, 7) is 8.52. The second kappa shape index (κ2) is 7.20. The third kappa shape index (κ3) is 3.52. The molecule has 2 aromatic heterocycles. The van der Waals surface area contributed by atoms with E-state index in [0.717, 1.165) is 35.8 Å². The zero-order valence-electron chi connectivity index (χ0n) is 13.6. The molecular weight excluding hydrogens is 282 g/mol. The van der Waals surface area contributed by atoms with Gasteiger partial charge in [-0.15, -0.1) is 0 Å². The molecular formula is C15H23N5O2. The van der Waals surface area contributed by atoms with Gasteiger partial charge in [0.2, 0.25) is 5.91 Å². The molecule has 1 amide bonds. The first-order valence-corrected chi connectivity index (χ1v) is 7.65. The average molecular weight is 305 g/mol. The number of carbonyl (C=O) groups excluding carboxylic acids is 1. The molecule has 0 fully saturated rings. The Hall–Kier alpha value is -2.18. The molecule has 0 spiro atoms. The molecule has 0 bridgehead atoms. The fraction of sp³-hybridized carbons (Fsp3) is 0.600.